The quantitative estimate of drug-likeness (QED) is 0.615. The van der Waals surface area contributed by atoms with Crippen LogP contribution >= 0.6 is 11.8 Å². The van der Waals surface area contributed by atoms with Gasteiger partial charge in [0.15, 0.2) is 5.16 Å². The van der Waals surface area contributed by atoms with Gasteiger partial charge in [-0.05, 0) is 31.5 Å². The Morgan fingerprint density at radius 3 is 3.15 bits per heavy atom. The molecule has 0 radical (unpaired) electrons. The maximum absolute atomic E-state index is 13.3. The molecule has 1 aliphatic heterocycles. The number of carbonyl (C=O) groups is 1. The van der Waals surface area contributed by atoms with Crippen molar-refractivity contribution in [2.75, 3.05) is 19.0 Å². The van der Waals surface area contributed by atoms with Crippen LogP contribution in [-0.4, -0.2) is 47.0 Å². The predicted molar refractivity (Wildman–Crippen MR) is 95.7 cm³/mol. The van der Waals surface area contributed by atoms with Crippen LogP contribution in [0.15, 0.2) is 41.7 Å². The number of carbonyl (C=O) groups excluding carboxylic acids is 1. The fourth-order valence-corrected chi connectivity index (χ4v) is 3.27. The SMILES string of the molecule is Cc1ccnc(SCC(=O)N[C@@H]2CCOC[C@H]2Oc2cccc(F)c2)n1. The number of aromatic nitrogens is 2. The number of ether oxygens (including phenoxy) is 2. The molecule has 0 spiro atoms. The van der Waals surface area contributed by atoms with E-state index in [-0.39, 0.29) is 29.6 Å². The second-order valence-corrected chi connectivity index (χ2v) is 6.86. The Morgan fingerprint density at radius 2 is 2.35 bits per heavy atom. The second-order valence-electron chi connectivity index (χ2n) is 5.92. The molecular formula is C18H20FN3O3S. The molecule has 2 heterocycles. The van der Waals surface area contributed by atoms with Gasteiger partial charge in [-0.15, -0.1) is 0 Å². The normalized spacial score (nSPS) is 19.8. The van der Waals surface area contributed by atoms with Gasteiger partial charge in [0, 0.05) is 24.6 Å². The lowest BCUT2D eigenvalue weighted by atomic mass is 10.1. The van der Waals surface area contributed by atoms with Crippen LogP contribution in [0.4, 0.5) is 4.39 Å². The molecule has 0 aliphatic carbocycles. The summed E-state index contributed by atoms with van der Waals surface area (Å²) in [5.74, 6) is 0.143. The van der Waals surface area contributed by atoms with Crippen molar-refractivity contribution >= 4 is 17.7 Å². The molecule has 1 saturated heterocycles. The van der Waals surface area contributed by atoms with E-state index in [1.165, 1.54) is 23.9 Å². The van der Waals surface area contributed by atoms with E-state index in [0.29, 0.717) is 30.5 Å². The highest BCUT2D eigenvalue weighted by Crippen LogP contribution is 2.19. The van der Waals surface area contributed by atoms with E-state index in [0.717, 1.165) is 5.69 Å². The van der Waals surface area contributed by atoms with Crippen molar-refractivity contribution in [2.24, 2.45) is 0 Å². The number of thioether (sulfide) groups is 1. The summed E-state index contributed by atoms with van der Waals surface area (Å²) in [5.41, 5.74) is 0.857. The highest BCUT2D eigenvalue weighted by atomic mass is 32.2. The molecule has 0 bridgehead atoms. The molecular weight excluding hydrogens is 357 g/mol. The van der Waals surface area contributed by atoms with Gasteiger partial charge in [0.1, 0.15) is 17.7 Å². The second kappa shape index (κ2) is 8.95. The lowest BCUT2D eigenvalue weighted by Gasteiger charge is -2.32. The van der Waals surface area contributed by atoms with Crippen LogP contribution in [-0.2, 0) is 9.53 Å². The fourth-order valence-electron chi connectivity index (χ4n) is 2.58. The smallest absolute Gasteiger partial charge is 0.230 e. The molecule has 1 aromatic carbocycles. The van der Waals surface area contributed by atoms with Gasteiger partial charge in [-0.1, -0.05) is 17.8 Å². The van der Waals surface area contributed by atoms with Gasteiger partial charge >= 0.3 is 0 Å². The molecule has 1 amide bonds. The molecule has 2 aromatic rings. The first-order valence-corrected chi connectivity index (χ1v) is 9.30. The number of nitrogens with zero attached hydrogens (tertiary/aromatic N) is 2. The van der Waals surface area contributed by atoms with Gasteiger partial charge < -0.3 is 14.8 Å². The first-order chi connectivity index (χ1) is 12.6. The lowest BCUT2D eigenvalue weighted by Crippen LogP contribution is -2.51. The van der Waals surface area contributed by atoms with Gasteiger partial charge in [0.25, 0.3) is 0 Å². The Bertz CT molecular complexity index is 762. The average molecular weight is 377 g/mol. The zero-order valence-electron chi connectivity index (χ0n) is 14.4. The van der Waals surface area contributed by atoms with Gasteiger partial charge in [0.2, 0.25) is 5.91 Å². The van der Waals surface area contributed by atoms with E-state index in [1.54, 1.807) is 24.4 Å². The van der Waals surface area contributed by atoms with E-state index < -0.39 is 0 Å². The monoisotopic (exact) mass is 377 g/mol. The maximum Gasteiger partial charge on any atom is 0.230 e. The third-order valence-corrected chi connectivity index (χ3v) is 4.70. The van der Waals surface area contributed by atoms with Crippen molar-refractivity contribution in [3.05, 3.63) is 48.0 Å². The molecule has 2 atom stereocenters. The summed E-state index contributed by atoms with van der Waals surface area (Å²) in [6.07, 6.45) is 1.94. The average Bonchev–Trinajstić information content (AvgIpc) is 2.62. The number of rotatable bonds is 6. The summed E-state index contributed by atoms with van der Waals surface area (Å²) >= 11 is 1.28. The molecule has 1 fully saturated rings. The van der Waals surface area contributed by atoms with E-state index in [4.69, 9.17) is 9.47 Å². The van der Waals surface area contributed by atoms with Gasteiger partial charge in [0.05, 0.1) is 18.4 Å². The van der Waals surface area contributed by atoms with Crippen LogP contribution in [0.25, 0.3) is 0 Å². The Kier molecular flexibility index (Phi) is 6.40. The molecule has 1 aromatic heterocycles. The summed E-state index contributed by atoms with van der Waals surface area (Å²) in [6.45, 7) is 2.76. The van der Waals surface area contributed by atoms with Crippen molar-refractivity contribution in [2.45, 2.75) is 30.6 Å². The Hall–Kier alpha value is -2.19. The summed E-state index contributed by atoms with van der Waals surface area (Å²) in [4.78, 5) is 20.7. The Morgan fingerprint density at radius 1 is 1.46 bits per heavy atom. The van der Waals surface area contributed by atoms with E-state index >= 15 is 0 Å². The Balaban J connectivity index is 1.54. The third kappa shape index (κ3) is 5.40. The summed E-state index contributed by atoms with van der Waals surface area (Å²) in [5, 5.41) is 3.54. The number of amides is 1. The van der Waals surface area contributed by atoms with Crippen molar-refractivity contribution < 1.29 is 18.7 Å². The highest BCUT2D eigenvalue weighted by molar-refractivity contribution is 7.99. The minimum atomic E-state index is -0.366. The summed E-state index contributed by atoms with van der Waals surface area (Å²) in [7, 11) is 0. The minimum absolute atomic E-state index is 0.125. The van der Waals surface area contributed by atoms with E-state index in [9.17, 15) is 9.18 Å². The molecule has 138 valence electrons. The van der Waals surface area contributed by atoms with Crippen molar-refractivity contribution in [3.63, 3.8) is 0 Å². The first kappa shape index (κ1) is 18.6. The Labute approximate surface area is 155 Å². The zero-order chi connectivity index (χ0) is 18.4. The number of benzene rings is 1. The van der Waals surface area contributed by atoms with E-state index in [2.05, 4.69) is 15.3 Å². The van der Waals surface area contributed by atoms with Crippen LogP contribution in [0, 0.1) is 12.7 Å². The van der Waals surface area contributed by atoms with Crippen molar-refractivity contribution in [3.8, 4) is 5.75 Å². The van der Waals surface area contributed by atoms with Crippen LogP contribution in [0.1, 0.15) is 12.1 Å². The molecule has 0 saturated carbocycles. The fraction of sp³-hybridized carbons (Fsp3) is 0.389. The van der Waals surface area contributed by atoms with Gasteiger partial charge in [-0.2, -0.15) is 0 Å². The largest absolute Gasteiger partial charge is 0.486 e. The van der Waals surface area contributed by atoms with Gasteiger partial charge in [-0.3, -0.25) is 4.79 Å². The van der Waals surface area contributed by atoms with Crippen LogP contribution < -0.4 is 10.1 Å². The molecule has 8 heteroatoms. The summed E-state index contributed by atoms with van der Waals surface area (Å²) in [6, 6.07) is 7.55. The van der Waals surface area contributed by atoms with Gasteiger partial charge in [-0.25, -0.2) is 14.4 Å². The highest BCUT2D eigenvalue weighted by Gasteiger charge is 2.29. The minimum Gasteiger partial charge on any atom is -0.486 e. The number of aryl methyl sites for hydroxylation is 1. The predicted octanol–water partition coefficient (Wildman–Crippen LogP) is 2.37. The third-order valence-electron chi connectivity index (χ3n) is 3.84. The topological polar surface area (TPSA) is 73.3 Å². The van der Waals surface area contributed by atoms with Crippen LogP contribution in [0.5, 0.6) is 5.75 Å². The van der Waals surface area contributed by atoms with Crippen LogP contribution in [0.2, 0.25) is 0 Å². The van der Waals surface area contributed by atoms with E-state index in [1.807, 2.05) is 6.92 Å². The van der Waals surface area contributed by atoms with Crippen LogP contribution in [0.3, 0.4) is 0 Å². The zero-order valence-corrected chi connectivity index (χ0v) is 15.2. The van der Waals surface area contributed by atoms with Crippen molar-refractivity contribution in [1.82, 2.24) is 15.3 Å². The number of hydrogen-bond donors (Lipinski definition) is 1. The molecule has 6 nitrogen and oxygen atoms in total. The molecule has 3 rings (SSSR count). The van der Waals surface area contributed by atoms with Crippen molar-refractivity contribution in [1.29, 1.82) is 0 Å². The molecule has 0 unspecified atom stereocenters. The number of nitrogens with one attached hydrogen (secondary N) is 1. The first-order valence-electron chi connectivity index (χ1n) is 8.32. The lowest BCUT2D eigenvalue weighted by molar-refractivity contribution is -0.121. The number of hydrogen-bond acceptors (Lipinski definition) is 6. The summed E-state index contributed by atoms with van der Waals surface area (Å²) < 4.78 is 24.6. The standard InChI is InChI=1S/C18H20FN3O3S/c1-12-5-7-20-18(21-12)26-11-17(23)22-15-6-8-24-10-16(15)25-14-4-2-3-13(19)9-14/h2-5,7,9,15-16H,6,8,10-11H2,1H3,(H,22,23)/t15-,16-/m1/s1. The number of halogens is 1. The molecule has 1 aliphatic rings. The maximum atomic E-state index is 13.3. The molecule has 26 heavy (non-hydrogen) atoms. The molecule has 1 N–H and O–H groups in total.